The average Bonchev–Trinajstić information content (AvgIpc) is 2.32. The molecule has 0 heterocycles. The van der Waals surface area contributed by atoms with Crippen LogP contribution < -0.4 is 0 Å². The number of hydrogen-bond donors (Lipinski definition) is 0. The molecule has 0 aliphatic carbocycles. The van der Waals surface area contributed by atoms with E-state index in [1.165, 1.54) is 6.92 Å². The van der Waals surface area contributed by atoms with Crippen molar-refractivity contribution in [2.75, 3.05) is 0 Å². The Hall–Kier alpha value is -0.953. The van der Waals surface area contributed by atoms with Crippen molar-refractivity contribution in [3.8, 4) is 0 Å². The van der Waals surface area contributed by atoms with Crippen LogP contribution in [0.15, 0.2) is 0 Å². The van der Waals surface area contributed by atoms with E-state index in [-0.39, 0.29) is 5.04 Å². The van der Waals surface area contributed by atoms with Gasteiger partial charge >= 0.3 is 0 Å². The maximum Gasteiger partial charge on any atom is 0.200 e. The minimum atomic E-state index is -2.42. The van der Waals surface area contributed by atoms with Crippen LogP contribution in [0.5, 0.6) is 0 Å². The quantitative estimate of drug-likeness (QED) is 0.310. The van der Waals surface area contributed by atoms with E-state index in [1.54, 1.807) is 0 Å². The Morgan fingerprint density at radius 3 is 1.48 bits per heavy atom. The molecule has 0 aromatic heterocycles. The first-order valence-corrected chi connectivity index (χ1v) is 9.41. The van der Waals surface area contributed by atoms with Crippen molar-refractivity contribution in [2.45, 2.75) is 51.9 Å². The van der Waals surface area contributed by atoms with Crippen LogP contribution in [-0.4, -0.2) is 8.32 Å². The summed E-state index contributed by atoms with van der Waals surface area (Å²) >= 11 is 0. The second kappa shape index (κ2) is 5.68. The van der Waals surface area contributed by atoms with Crippen molar-refractivity contribution < 1.29 is 26.4 Å². The van der Waals surface area contributed by atoms with Gasteiger partial charge in [-0.2, -0.15) is 0 Å². The molecule has 0 bridgehead atoms. The molecule has 0 spiro atoms. The number of hydrogen-bond acceptors (Lipinski definition) is 1. The lowest BCUT2D eigenvalue weighted by Crippen LogP contribution is -2.41. The third-order valence-electron chi connectivity index (χ3n) is 3.93. The van der Waals surface area contributed by atoms with E-state index in [0.717, 1.165) is 0 Å². The molecule has 21 heavy (non-hydrogen) atoms. The zero-order valence-corrected chi connectivity index (χ0v) is 13.9. The van der Waals surface area contributed by atoms with Gasteiger partial charge in [0, 0.05) is 0 Å². The topological polar surface area (TPSA) is 9.23 Å². The summed E-state index contributed by atoms with van der Waals surface area (Å²) in [6, 6.07) is 0. The maximum atomic E-state index is 13.7. The highest BCUT2D eigenvalue weighted by Crippen LogP contribution is 2.40. The first kappa shape index (κ1) is 18.1. The lowest BCUT2D eigenvalue weighted by Gasteiger charge is -2.38. The molecule has 1 aromatic rings. The van der Waals surface area contributed by atoms with Gasteiger partial charge in [-0.15, -0.1) is 0 Å². The molecule has 1 unspecified atom stereocenters. The largest absolute Gasteiger partial charge is 0.410 e. The maximum absolute atomic E-state index is 13.7. The van der Waals surface area contributed by atoms with Gasteiger partial charge < -0.3 is 4.43 Å². The van der Waals surface area contributed by atoms with Gasteiger partial charge in [0.05, 0.1) is 11.7 Å². The van der Waals surface area contributed by atoms with Crippen LogP contribution >= 0.6 is 0 Å². The van der Waals surface area contributed by atoms with Crippen LogP contribution in [0, 0.1) is 29.1 Å². The zero-order chi connectivity index (χ0) is 16.7. The molecular formula is C14H19F5OSi. The highest BCUT2D eigenvalue weighted by atomic mass is 28.4. The molecule has 1 nitrogen and oxygen atoms in total. The molecular weight excluding hydrogens is 307 g/mol. The Kier molecular flexibility index (Phi) is 4.89. The monoisotopic (exact) mass is 326 g/mol. The molecule has 0 saturated heterocycles. The van der Waals surface area contributed by atoms with E-state index in [2.05, 4.69) is 0 Å². The average molecular weight is 326 g/mol. The number of rotatable bonds is 3. The lowest BCUT2D eigenvalue weighted by molar-refractivity contribution is 0.188. The van der Waals surface area contributed by atoms with Crippen molar-refractivity contribution in [3.05, 3.63) is 34.6 Å². The molecule has 0 fully saturated rings. The van der Waals surface area contributed by atoms with E-state index < -0.39 is 49.1 Å². The van der Waals surface area contributed by atoms with Gasteiger partial charge in [-0.25, -0.2) is 22.0 Å². The van der Waals surface area contributed by atoms with Gasteiger partial charge in [0.2, 0.25) is 5.82 Å². The van der Waals surface area contributed by atoms with Gasteiger partial charge in [0.1, 0.15) is 0 Å². The predicted molar refractivity (Wildman–Crippen MR) is 72.9 cm³/mol. The minimum absolute atomic E-state index is 0.259. The first-order valence-electron chi connectivity index (χ1n) is 6.50. The van der Waals surface area contributed by atoms with E-state index in [0.29, 0.717) is 0 Å². The van der Waals surface area contributed by atoms with Crippen molar-refractivity contribution in [1.82, 2.24) is 0 Å². The molecule has 7 heteroatoms. The Morgan fingerprint density at radius 1 is 0.810 bits per heavy atom. The van der Waals surface area contributed by atoms with Gasteiger partial charge in [0.25, 0.3) is 0 Å². The lowest BCUT2D eigenvalue weighted by atomic mass is 10.1. The molecule has 0 radical (unpaired) electrons. The highest BCUT2D eigenvalue weighted by molar-refractivity contribution is 6.74. The fourth-order valence-corrected chi connectivity index (χ4v) is 3.01. The summed E-state index contributed by atoms with van der Waals surface area (Å²) < 4.78 is 72.7. The van der Waals surface area contributed by atoms with Crippen LogP contribution in [0.2, 0.25) is 18.1 Å². The second-order valence-electron chi connectivity index (χ2n) is 6.50. The molecule has 0 amide bonds. The van der Waals surface area contributed by atoms with E-state index in [9.17, 15) is 22.0 Å². The molecule has 1 rings (SSSR count). The molecule has 120 valence electrons. The normalized spacial score (nSPS) is 14.4. The molecule has 0 saturated carbocycles. The Morgan fingerprint density at radius 2 is 1.14 bits per heavy atom. The summed E-state index contributed by atoms with van der Waals surface area (Å²) in [5, 5.41) is -0.259. The number of benzene rings is 1. The third-order valence-corrected chi connectivity index (χ3v) is 8.48. The summed E-state index contributed by atoms with van der Waals surface area (Å²) in [6.45, 7) is 10.7. The minimum Gasteiger partial charge on any atom is -0.410 e. The predicted octanol–water partition coefficient (Wildman–Crippen LogP) is 5.46. The van der Waals surface area contributed by atoms with Crippen LogP contribution in [0.3, 0.4) is 0 Å². The van der Waals surface area contributed by atoms with Crippen LogP contribution in [0.4, 0.5) is 22.0 Å². The van der Waals surface area contributed by atoms with E-state index >= 15 is 0 Å². The molecule has 1 atom stereocenters. The summed E-state index contributed by atoms with van der Waals surface area (Å²) in [4.78, 5) is 0. The second-order valence-corrected chi connectivity index (χ2v) is 11.3. The first-order chi connectivity index (χ1) is 9.31. The fourth-order valence-electron chi connectivity index (χ4n) is 1.66. The summed E-state index contributed by atoms with van der Waals surface area (Å²) in [5.74, 6) is -9.73. The van der Waals surface area contributed by atoms with Crippen LogP contribution in [0.25, 0.3) is 0 Å². The van der Waals surface area contributed by atoms with Crippen LogP contribution in [-0.2, 0) is 4.43 Å². The summed E-state index contributed by atoms with van der Waals surface area (Å²) in [6.07, 6.45) is -1.23. The third kappa shape index (κ3) is 3.29. The van der Waals surface area contributed by atoms with Crippen molar-refractivity contribution in [3.63, 3.8) is 0 Å². The Labute approximate surface area is 122 Å². The van der Waals surface area contributed by atoms with Crippen LogP contribution in [0.1, 0.15) is 39.4 Å². The molecule has 1 aromatic carbocycles. The summed E-state index contributed by atoms with van der Waals surface area (Å²) in [7, 11) is -2.42. The standard InChI is InChI=1S/C14H19F5OSi/c1-7(20-21(5,6)14(2,3)4)8-9(15)11(17)13(19)12(18)10(8)16/h7H,1-6H3. The fraction of sp³-hybridized carbons (Fsp3) is 0.571. The van der Waals surface area contributed by atoms with Gasteiger partial charge in [0.15, 0.2) is 31.6 Å². The molecule has 0 aliphatic rings. The van der Waals surface area contributed by atoms with E-state index in [1.807, 2.05) is 33.9 Å². The zero-order valence-electron chi connectivity index (χ0n) is 12.9. The van der Waals surface area contributed by atoms with Crippen molar-refractivity contribution >= 4 is 8.32 Å². The molecule has 0 N–H and O–H groups in total. The van der Waals surface area contributed by atoms with Gasteiger partial charge in [-0.05, 0) is 25.1 Å². The number of halogens is 5. The van der Waals surface area contributed by atoms with Crippen molar-refractivity contribution in [2.24, 2.45) is 0 Å². The highest BCUT2D eigenvalue weighted by Gasteiger charge is 2.40. The summed E-state index contributed by atoms with van der Waals surface area (Å²) in [5.41, 5.74) is -0.920. The van der Waals surface area contributed by atoms with Gasteiger partial charge in [-0.3, -0.25) is 0 Å². The Balaban J connectivity index is 3.30. The van der Waals surface area contributed by atoms with Gasteiger partial charge in [-0.1, -0.05) is 20.8 Å². The van der Waals surface area contributed by atoms with E-state index in [4.69, 9.17) is 4.43 Å². The SMILES string of the molecule is CC(O[Si](C)(C)C(C)(C)C)c1c(F)c(F)c(F)c(F)c1F. The molecule has 0 aliphatic heterocycles. The Bertz CT molecular complexity index is 522. The van der Waals surface area contributed by atoms with Crippen molar-refractivity contribution in [1.29, 1.82) is 0 Å². The smallest absolute Gasteiger partial charge is 0.200 e.